The summed E-state index contributed by atoms with van der Waals surface area (Å²) in [6.07, 6.45) is 1.02. The second-order valence-electron chi connectivity index (χ2n) is 6.79. The Morgan fingerprint density at radius 2 is 1.86 bits per heavy atom. The molecule has 0 radical (unpaired) electrons. The highest BCUT2D eigenvalue weighted by atomic mass is 16.5. The molecule has 1 fully saturated rings. The van der Waals surface area contributed by atoms with E-state index in [0.29, 0.717) is 36.2 Å². The number of rotatable bonds is 6. The van der Waals surface area contributed by atoms with Crippen molar-refractivity contribution in [2.75, 3.05) is 34.4 Å². The van der Waals surface area contributed by atoms with Gasteiger partial charge in [-0.1, -0.05) is 0 Å². The number of likely N-dealkylation sites (tertiary alicyclic amines) is 1. The molecular formula is C20H25N3O5. The van der Waals surface area contributed by atoms with Crippen LogP contribution in [-0.2, 0) is 11.2 Å². The maximum atomic E-state index is 12.8. The highest BCUT2D eigenvalue weighted by Gasteiger charge is 2.29. The summed E-state index contributed by atoms with van der Waals surface area (Å²) < 4.78 is 16.0. The SMILES string of the molecule is COc1cc(CC(=O)N2CC[C@@H](c3cc(=O)[nH]c(C)n3)C2)cc(OC)c1OC. The lowest BCUT2D eigenvalue weighted by Crippen LogP contribution is -2.30. The quantitative estimate of drug-likeness (QED) is 0.810. The monoisotopic (exact) mass is 387 g/mol. The number of carbonyl (C=O) groups excluding carboxylic acids is 1. The van der Waals surface area contributed by atoms with Crippen molar-refractivity contribution in [3.05, 3.63) is 45.6 Å². The Bertz CT molecular complexity index is 899. The van der Waals surface area contributed by atoms with Gasteiger partial charge in [-0.25, -0.2) is 4.98 Å². The standard InChI is InChI=1S/C20H25N3O5/c1-12-21-15(10-18(24)22-12)14-5-6-23(11-14)19(25)9-13-7-16(26-2)20(28-4)17(8-13)27-3/h7-8,10,14H,5-6,9,11H2,1-4H3,(H,21,22,24)/t14-/m1/s1. The Balaban J connectivity index is 1.73. The zero-order chi connectivity index (χ0) is 20.3. The molecule has 1 aliphatic heterocycles. The minimum atomic E-state index is -0.162. The molecule has 0 spiro atoms. The van der Waals surface area contributed by atoms with Gasteiger partial charge in [0.15, 0.2) is 11.5 Å². The number of aryl methyl sites for hydroxylation is 1. The van der Waals surface area contributed by atoms with Gasteiger partial charge in [0.05, 0.1) is 33.4 Å². The predicted octanol–water partition coefficient (Wildman–Crippen LogP) is 1.66. The van der Waals surface area contributed by atoms with E-state index in [1.54, 1.807) is 40.4 Å². The third kappa shape index (κ3) is 4.11. The summed E-state index contributed by atoms with van der Waals surface area (Å²) in [7, 11) is 4.63. The maximum absolute atomic E-state index is 12.8. The third-order valence-corrected chi connectivity index (χ3v) is 4.92. The van der Waals surface area contributed by atoms with Gasteiger partial charge in [0.2, 0.25) is 11.7 Å². The molecule has 2 aromatic rings. The number of carbonyl (C=O) groups is 1. The zero-order valence-electron chi connectivity index (χ0n) is 16.6. The molecular weight excluding hydrogens is 362 g/mol. The smallest absolute Gasteiger partial charge is 0.251 e. The second kappa shape index (κ2) is 8.33. The van der Waals surface area contributed by atoms with E-state index in [-0.39, 0.29) is 23.8 Å². The second-order valence-corrected chi connectivity index (χ2v) is 6.79. The van der Waals surface area contributed by atoms with E-state index in [1.807, 2.05) is 4.90 Å². The number of amides is 1. The lowest BCUT2D eigenvalue weighted by atomic mass is 10.0. The van der Waals surface area contributed by atoms with Gasteiger partial charge in [-0.05, 0) is 31.0 Å². The van der Waals surface area contributed by atoms with Crippen molar-refractivity contribution in [2.45, 2.75) is 25.7 Å². The van der Waals surface area contributed by atoms with Gasteiger partial charge in [0.1, 0.15) is 5.82 Å². The molecule has 150 valence electrons. The number of ether oxygens (including phenoxy) is 3. The molecule has 8 heteroatoms. The Morgan fingerprint density at radius 3 is 2.43 bits per heavy atom. The largest absolute Gasteiger partial charge is 0.493 e. The van der Waals surface area contributed by atoms with Gasteiger partial charge in [0.25, 0.3) is 5.56 Å². The number of H-pyrrole nitrogens is 1. The van der Waals surface area contributed by atoms with Crippen molar-refractivity contribution in [1.82, 2.24) is 14.9 Å². The van der Waals surface area contributed by atoms with E-state index in [4.69, 9.17) is 14.2 Å². The van der Waals surface area contributed by atoms with Crippen molar-refractivity contribution < 1.29 is 19.0 Å². The van der Waals surface area contributed by atoms with Gasteiger partial charge in [-0.15, -0.1) is 0 Å². The van der Waals surface area contributed by atoms with Crippen LogP contribution < -0.4 is 19.8 Å². The van der Waals surface area contributed by atoms with Crippen molar-refractivity contribution in [3.63, 3.8) is 0 Å². The molecule has 0 aliphatic carbocycles. The molecule has 1 aliphatic rings. The molecule has 0 bridgehead atoms. The Kier molecular flexibility index (Phi) is 5.87. The first kappa shape index (κ1) is 19.7. The average molecular weight is 387 g/mol. The summed E-state index contributed by atoms with van der Waals surface area (Å²) in [5.74, 6) is 2.21. The minimum Gasteiger partial charge on any atom is -0.493 e. The van der Waals surface area contributed by atoms with Crippen LogP contribution >= 0.6 is 0 Å². The van der Waals surface area contributed by atoms with Crippen molar-refractivity contribution >= 4 is 5.91 Å². The third-order valence-electron chi connectivity index (χ3n) is 4.92. The van der Waals surface area contributed by atoms with Crippen molar-refractivity contribution in [3.8, 4) is 17.2 Å². The van der Waals surface area contributed by atoms with Crippen LogP contribution in [0, 0.1) is 6.92 Å². The van der Waals surface area contributed by atoms with Gasteiger partial charge in [-0.2, -0.15) is 0 Å². The first-order chi connectivity index (χ1) is 13.4. The summed E-state index contributed by atoms with van der Waals surface area (Å²) in [6.45, 7) is 2.95. The summed E-state index contributed by atoms with van der Waals surface area (Å²) >= 11 is 0. The Hall–Kier alpha value is -3.03. The molecule has 0 unspecified atom stereocenters. The first-order valence-corrected chi connectivity index (χ1v) is 9.09. The first-order valence-electron chi connectivity index (χ1n) is 9.09. The van der Waals surface area contributed by atoms with Crippen molar-refractivity contribution in [1.29, 1.82) is 0 Å². The highest BCUT2D eigenvalue weighted by molar-refractivity contribution is 5.79. The molecule has 2 heterocycles. The van der Waals surface area contributed by atoms with Gasteiger partial charge < -0.3 is 24.1 Å². The average Bonchev–Trinajstić information content (AvgIpc) is 3.16. The van der Waals surface area contributed by atoms with Crippen LogP contribution in [0.4, 0.5) is 0 Å². The van der Waals surface area contributed by atoms with E-state index in [0.717, 1.165) is 17.7 Å². The molecule has 1 saturated heterocycles. The molecule has 1 amide bonds. The van der Waals surface area contributed by atoms with Gasteiger partial charge in [0, 0.05) is 25.1 Å². The Morgan fingerprint density at radius 1 is 1.18 bits per heavy atom. The Labute approximate surface area is 163 Å². The fourth-order valence-electron chi connectivity index (χ4n) is 3.56. The van der Waals surface area contributed by atoms with Crippen LogP contribution in [0.25, 0.3) is 0 Å². The van der Waals surface area contributed by atoms with Crippen LogP contribution in [0.1, 0.15) is 29.4 Å². The van der Waals surface area contributed by atoms with E-state index in [1.165, 1.54) is 6.07 Å². The number of methoxy groups -OCH3 is 3. The zero-order valence-corrected chi connectivity index (χ0v) is 16.6. The number of benzene rings is 1. The van der Waals surface area contributed by atoms with Crippen LogP contribution in [0.2, 0.25) is 0 Å². The molecule has 28 heavy (non-hydrogen) atoms. The van der Waals surface area contributed by atoms with E-state index >= 15 is 0 Å². The number of nitrogens with zero attached hydrogens (tertiary/aromatic N) is 2. The van der Waals surface area contributed by atoms with E-state index in [2.05, 4.69) is 9.97 Å². The van der Waals surface area contributed by atoms with Crippen LogP contribution in [0.15, 0.2) is 23.0 Å². The fraction of sp³-hybridized carbons (Fsp3) is 0.450. The molecule has 1 aromatic carbocycles. The molecule has 3 rings (SSSR count). The van der Waals surface area contributed by atoms with Crippen LogP contribution in [0.3, 0.4) is 0 Å². The van der Waals surface area contributed by atoms with E-state index < -0.39 is 0 Å². The lowest BCUT2D eigenvalue weighted by molar-refractivity contribution is -0.129. The topological polar surface area (TPSA) is 93.8 Å². The number of hydrogen-bond donors (Lipinski definition) is 1. The molecule has 1 atom stereocenters. The van der Waals surface area contributed by atoms with Gasteiger partial charge >= 0.3 is 0 Å². The number of hydrogen-bond acceptors (Lipinski definition) is 6. The predicted molar refractivity (Wildman–Crippen MR) is 103 cm³/mol. The maximum Gasteiger partial charge on any atom is 0.251 e. The lowest BCUT2D eigenvalue weighted by Gasteiger charge is -2.18. The number of nitrogens with one attached hydrogen (secondary N) is 1. The highest BCUT2D eigenvalue weighted by Crippen LogP contribution is 2.38. The number of aromatic nitrogens is 2. The fourth-order valence-corrected chi connectivity index (χ4v) is 3.56. The molecule has 0 saturated carbocycles. The normalized spacial score (nSPS) is 16.1. The molecule has 1 aromatic heterocycles. The van der Waals surface area contributed by atoms with Gasteiger partial charge in [-0.3, -0.25) is 9.59 Å². The summed E-state index contributed by atoms with van der Waals surface area (Å²) in [5.41, 5.74) is 1.36. The summed E-state index contributed by atoms with van der Waals surface area (Å²) in [4.78, 5) is 33.4. The van der Waals surface area contributed by atoms with Crippen molar-refractivity contribution in [2.24, 2.45) is 0 Å². The van der Waals surface area contributed by atoms with Crippen LogP contribution in [-0.4, -0.2) is 55.2 Å². The van der Waals surface area contributed by atoms with Crippen LogP contribution in [0.5, 0.6) is 17.2 Å². The molecule has 1 N–H and O–H groups in total. The molecule has 8 nitrogen and oxygen atoms in total. The van der Waals surface area contributed by atoms with E-state index in [9.17, 15) is 9.59 Å². The number of aromatic amines is 1. The summed E-state index contributed by atoms with van der Waals surface area (Å²) in [5, 5.41) is 0. The summed E-state index contributed by atoms with van der Waals surface area (Å²) in [6, 6.07) is 5.09. The minimum absolute atomic E-state index is 0.0123.